The fourth-order valence-electron chi connectivity index (χ4n) is 1.19. The van der Waals surface area contributed by atoms with Crippen LogP contribution in [0.4, 0.5) is 0 Å². The summed E-state index contributed by atoms with van der Waals surface area (Å²) in [7, 11) is 0. The van der Waals surface area contributed by atoms with Gasteiger partial charge >= 0.3 is 77.0 Å². The molecule has 0 bridgehead atoms. The van der Waals surface area contributed by atoms with E-state index >= 15 is 0 Å². The molecule has 60 valence electrons. The van der Waals surface area contributed by atoms with Crippen molar-refractivity contribution < 1.29 is 25.9 Å². The average molecular weight is 261 g/mol. The molecule has 0 amide bonds. The number of rotatable bonds is 0. The summed E-state index contributed by atoms with van der Waals surface area (Å²) >= 11 is 0.253. The van der Waals surface area contributed by atoms with Crippen LogP contribution in [0, 0.1) is 10.5 Å². The van der Waals surface area contributed by atoms with E-state index in [9.17, 15) is 0 Å². The molecule has 0 radical (unpaired) electrons. The monoisotopic (exact) mass is 261 g/mol. The Kier molecular flexibility index (Phi) is 2.02. The number of halogens is 1. The van der Waals surface area contributed by atoms with Crippen LogP contribution in [0.5, 0.6) is 5.75 Å². The van der Waals surface area contributed by atoms with E-state index in [1.54, 1.807) is 0 Å². The maximum atomic E-state index is 5.58. The topological polar surface area (TPSA) is 9.23 Å². The number of benzene rings is 1. The van der Waals surface area contributed by atoms with Crippen molar-refractivity contribution in [1.29, 1.82) is 0 Å². The van der Waals surface area contributed by atoms with Crippen LogP contribution in [0.2, 0.25) is 0 Å². The molecule has 1 aromatic rings. The first-order chi connectivity index (χ1) is 5.38. The molecule has 1 aliphatic heterocycles. The summed E-state index contributed by atoms with van der Waals surface area (Å²) in [5.41, 5.74) is 1.29. The van der Waals surface area contributed by atoms with E-state index in [2.05, 4.69) is 25.1 Å². The summed E-state index contributed by atoms with van der Waals surface area (Å²) in [5.74, 6) is 1.17. The third kappa shape index (κ3) is 1.36. The summed E-state index contributed by atoms with van der Waals surface area (Å²) in [6.45, 7) is 3.05. The molecule has 0 fully saturated rings. The normalized spacial score (nSPS) is 16.1. The Balaban J connectivity index is 2.49. The summed E-state index contributed by atoms with van der Waals surface area (Å²) < 4.78 is 8.34. The molecule has 0 unspecified atom stereocenters. The molecule has 0 N–H and O–H groups in total. The first-order valence-corrected chi connectivity index (χ1v) is 6.30. The molecule has 1 heterocycles. The zero-order valence-corrected chi connectivity index (χ0v) is 8.59. The van der Waals surface area contributed by atoms with Gasteiger partial charge in [-0.15, -0.1) is 0 Å². The third-order valence-electron chi connectivity index (χ3n) is 1.73. The molecule has 0 saturated carbocycles. The second-order valence-corrected chi connectivity index (χ2v) is 5.56. The summed E-state index contributed by atoms with van der Waals surface area (Å²) in [5, 5.41) is 0. The van der Waals surface area contributed by atoms with Gasteiger partial charge in [0.1, 0.15) is 0 Å². The Labute approximate surface area is 77.0 Å². The predicted molar refractivity (Wildman–Crippen MR) is 40.2 cm³/mol. The van der Waals surface area contributed by atoms with Gasteiger partial charge in [-0.3, -0.25) is 0 Å². The zero-order chi connectivity index (χ0) is 7.68. The SMILES string of the molecule is Cc1cccc2c1OCC[I-]2. The van der Waals surface area contributed by atoms with Crippen LogP contribution in [-0.2, 0) is 0 Å². The van der Waals surface area contributed by atoms with Crippen molar-refractivity contribution >= 4 is 0 Å². The van der Waals surface area contributed by atoms with Gasteiger partial charge in [0.25, 0.3) is 0 Å². The quantitative estimate of drug-likeness (QED) is 0.414. The molecule has 0 aliphatic carbocycles. The molecule has 1 aromatic carbocycles. The van der Waals surface area contributed by atoms with Gasteiger partial charge in [-0.25, -0.2) is 0 Å². The third-order valence-corrected chi connectivity index (χ3v) is 4.38. The van der Waals surface area contributed by atoms with Crippen molar-refractivity contribution in [3.8, 4) is 5.75 Å². The van der Waals surface area contributed by atoms with Crippen molar-refractivity contribution in [3.05, 3.63) is 27.3 Å². The molecule has 0 saturated heterocycles. The van der Waals surface area contributed by atoms with Crippen LogP contribution in [0.15, 0.2) is 18.2 Å². The summed E-state index contributed by atoms with van der Waals surface area (Å²) in [6, 6.07) is 6.45. The van der Waals surface area contributed by atoms with Crippen LogP contribution in [0.1, 0.15) is 5.56 Å². The van der Waals surface area contributed by atoms with Crippen LogP contribution < -0.4 is 25.9 Å². The van der Waals surface area contributed by atoms with Crippen molar-refractivity contribution in [1.82, 2.24) is 0 Å². The molecule has 2 heteroatoms. The molecule has 11 heavy (non-hydrogen) atoms. The van der Waals surface area contributed by atoms with E-state index in [0.717, 1.165) is 6.61 Å². The maximum absolute atomic E-state index is 5.58. The Morgan fingerprint density at radius 3 is 3.18 bits per heavy atom. The first kappa shape index (κ1) is 7.40. The number of aryl methyl sites for hydroxylation is 1. The number of ether oxygens (including phenoxy) is 1. The molecule has 1 aliphatic rings. The van der Waals surface area contributed by atoms with Crippen molar-refractivity contribution in [2.45, 2.75) is 6.92 Å². The fraction of sp³-hybridized carbons (Fsp3) is 0.333. The number of hydrogen-bond acceptors (Lipinski definition) is 1. The second-order valence-electron chi connectivity index (χ2n) is 2.56. The summed E-state index contributed by atoms with van der Waals surface area (Å²) in [6.07, 6.45) is 0. The van der Waals surface area contributed by atoms with Crippen molar-refractivity contribution in [2.24, 2.45) is 0 Å². The number of para-hydroxylation sites is 1. The Morgan fingerprint density at radius 1 is 1.45 bits per heavy atom. The van der Waals surface area contributed by atoms with Gasteiger partial charge in [0.2, 0.25) is 0 Å². The van der Waals surface area contributed by atoms with Crippen LogP contribution in [0.3, 0.4) is 0 Å². The van der Waals surface area contributed by atoms with Crippen molar-refractivity contribution in [2.75, 3.05) is 11.0 Å². The Morgan fingerprint density at radius 2 is 2.36 bits per heavy atom. The summed E-state index contributed by atoms with van der Waals surface area (Å²) in [4.78, 5) is 0. The Bertz CT molecular complexity index is 270. The minimum atomic E-state index is 0.253. The zero-order valence-electron chi connectivity index (χ0n) is 6.43. The average Bonchev–Trinajstić information content (AvgIpc) is 2.06. The number of hydrogen-bond donors (Lipinski definition) is 0. The molecule has 2 rings (SSSR count). The molecular formula is C9H10IO-. The van der Waals surface area contributed by atoms with Gasteiger partial charge in [-0.1, -0.05) is 0 Å². The van der Waals surface area contributed by atoms with E-state index in [0.29, 0.717) is 0 Å². The van der Waals surface area contributed by atoms with Gasteiger partial charge in [-0.2, -0.15) is 0 Å². The van der Waals surface area contributed by atoms with Crippen molar-refractivity contribution in [3.63, 3.8) is 0 Å². The molecule has 0 spiro atoms. The first-order valence-electron chi connectivity index (χ1n) is 3.69. The van der Waals surface area contributed by atoms with Crippen LogP contribution in [-0.4, -0.2) is 11.0 Å². The van der Waals surface area contributed by atoms with Gasteiger partial charge in [0, 0.05) is 0 Å². The number of fused-ring (bicyclic) bond motifs is 1. The van der Waals surface area contributed by atoms with E-state index in [4.69, 9.17) is 4.74 Å². The molecular weight excluding hydrogens is 251 g/mol. The van der Waals surface area contributed by atoms with E-state index in [1.807, 2.05) is 0 Å². The van der Waals surface area contributed by atoms with E-state index < -0.39 is 0 Å². The van der Waals surface area contributed by atoms with Gasteiger partial charge in [-0.05, 0) is 0 Å². The van der Waals surface area contributed by atoms with Gasteiger partial charge in [0.15, 0.2) is 0 Å². The molecule has 1 nitrogen and oxygen atoms in total. The van der Waals surface area contributed by atoms with Gasteiger partial charge < -0.3 is 0 Å². The molecule has 0 aromatic heterocycles. The van der Waals surface area contributed by atoms with Crippen LogP contribution in [0.25, 0.3) is 0 Å². The Hall–Kier alpha value is -0.250. The molecule has 0 atom stereocenters. The minimum absolute atomic E-state index is 0.253. The second kappa shape index (κ2) is 3.01. The van der Waals surface area contributed by atoms with E-state index in [1.165, 1.54) is 19.3 Å². The standard InChI is InChI=1S/C9H10IO/c1-7-3-2-4-8-9(7)11-6-5-10-8/h2-4H,5-6H2,1H3/q-1. The van der Waals surface area contributed by atoms with E-state index in [-0.39, 0.29) is 21.2 Å². The van der Waals surface area contributed by atoms with Crippen LogP contribution >= 0.6 is 0 Å². The fourth-order valence-corrected chi connectivity index (χ4v) is 3.60. The number of alkyl halides is 1. The van der Waals surface area contributed by atoms with Gasteiger partial charge in [0.05, 0.1) is 0 Å². The predicted octanol–water partition coefficient (Wildman–Crippen LogP) is -1.35.